The number of rotatable bonds is 5. The van der Waals surface area contributed by atoms with E-state index in [1.165, 1.54) is 48.8 Å². The van der Waals surface area contributed by atoms with E-state index in [0.29, 0.717) is 12.3 Å². The molecule has 1 amide bonds. The molecule has 3 nitrogen and oxygen atoms in total. The average Bonchev–Trinajstić information content (AvgIpc) is 3.13. The van der Waals surface area contributed by atoms with Crippen LogP contribution < -0.4 is 5.32 Å². The van der Waals surface area contributed by atoms with Gasteiger partial charge in [-0.1, -0.05) is 18.2 Å². The molecule has 1 N–H and O–H groups in total. The fraction of sp³-hybridized carbons (Fsp3) is 0.588. The molecule has 1 aromatic rings. The molecule has 0 bridgehead atoms. The second-order valence-electron chi connectivity index (χ2n) is 5.97. The molecule has 1 aromatic carbocycles. The Balaban J connectivity index is 1.40. The van der Waals surface area contributed by atoms with E-state index in [2.05, 4.69) is 23.5 Å². The van der Waals surface area contributed by atoms with Crippen LogP contribution >= 0.6 is 0 Å². The van der Waals surface area contributed by atoms with Gasteiger partial charge in [0.1, 0.15) is 0 Å². The summed E-state index contributed by atoms with van der Waals surface area (Å²) in [4.78, 5) is 13.9. The molecule has 1 saturated heterocycles. The molecule has 1 aliphatic carbocycles. The molecular weight excluding hydrogens is 248 g/mol. The van der Waals surface area contributed by atoms with Crippen LogP contribution in [0.2, 0.25) is 0 Å². The fourth-order valence-electron chi connectivity index (χ4n) is 3.29. The monoisotopic (exact) mass is 272 g/mol. The smallest absolute Gasteiger partial charge is 0.223 e. The Bertz CT molecular complexity index is 478. The van der Waals surface area contributed by atoms with Crippen molar-refractivity contribution < 1.29 is 4.79 Å². The Hall–Kier alpha value is -1.35. The fourth-order valence-corrected chi connectivity index (χ4v) is 3.29. The van der Waals surface area contributed by atoms with Gasteiger partial charge >= 0.3 is 0 Å². The third-order valence-corrected chi connectivity index (χ3v) is 4.47. The molecule has 0 saturated carbocycles. The number of amides is 1. The second kappa shape index (κ2) is 6.40. The van der Waals surface area contributed by atoms with Crippen molar-refractivity contribution in [1.82, 2.24) is 10.2 Å². The van der Waals surface area contributed by atoms with Gasteiger partial charge in [-0.15, -0.1) is 0 Å². The number of likely N-dealkylation sites (tertiary alicyclic amines) is 1. The standard InChI is InChI=1S/C17H24N2O/c20-17(19-10-1-2-11-19)8-9-18-13-14-6-7-15-4-3-5-16(15)12-14/h6-7,12,18H,1-5,8-11,13H2. The Morgan fingerprint density at radius 3 is 2.75 bits per heavy atom. The molecule has 1 heterocycles. The molecule has 0 aromatic heterocycles. The zero-order valence-electron chi connectivity index (χ0n) is 12.2. The van der Waals surface area contributed by atoms with Crippen LogP contribution in [-0.4, -0.2) is 30.4 Å². The van der Waals surface area contributed by atoms with Crippen LogP contribution in [0, 0.1) is 0 Å². The lowest BCUT2D eigenvalue weighted by Crippen LogP contribution is -2.30. The SMILES string of the molecule is O=C(CCNCc1ccc2c(c1)CCC2)N1CCCC1. The van der Waals surface area contributed by atoms with E-state index in [0.717, 1.165) is 26.2 Å². The Morgan fingerprint density at radius 1 is 1.10 bits per heavy atom. The number of aryl methyl sites for hydroxylation is 2. The Kier molecular flexibility index (Phi) is 4.36. The Labute approximate surface area is 121 Å². The molecule has 108 valence electrons. The largest absolute Gasteiger partial charge is 0.343 e. The summed E-state index contributed by atoms with van der Waals surface area (Å²) < 4.78 is 0. The minimum Gasteiger partial charge on any atom is -0.343 e. The van der Waals surface area contributed by atoms with Crippen LogP contribution in [0.15, 0.2) is 18.2 Å². The van der Waals surface area contributed by atoms with Gasteiger partial charge in [0.05, 0.1) is 0 Å². The van der Waals surface area contributed by atoms with Gasteiger partial charge in [0.15, 0.2) is 0 Å². The third kappa shape index (κ3) is 3.21. The lowest BCUT2D eigenvalue weighted by Gasteiger charge is -2.15. The predicted molar refractivity (Wildman–Crippen MR) is 80.6 cm³/mol. The summed E-state index contributed by atoms with van der Waals surface area (Å²) in [7, 11) is 0. The summed E-state index contributed by atoms with van der Waals surface area (Å²) in [6.45, 7) is 3.58. The van der Waals surface area contributed by atoms with Crippen molar-refractivity contribution in [3.8, 4) is 0 Å². The first kappa shape index (κ1) is 13.6. The van der Waals surface area contributed by atoms with E-state index in [1.54, 1.807) is 0 Å². The quantitative estimate of drug-likeness (QED) is 0.834. The number of hydrogen-bond acceptors (Lipinski definition) is 2. The zero-order chi connectivity index (χ0) is 13.8. The number of nitrogens with zero attached hydrogens (tertiary/aromatic N) is 1. The van der Waals surface area contributed by atoms with Crippen molar-refractivity contribution in [3.05, 3.63) is 34.9 Å². The van der Waals surface area contributed by atoms with Gasteiger partial charge in [0.2, 0.25) is 5.91 Å². The summed E-state index contributed by atoms with van der Waals surface area (Å²) in [5.74, 6) is 0.309. The topological polar surface area (TPSA) is 32.3 Å². The lowest BCUT2D eigenvalue weighted by atomic mass is 10.1. The van der Waals surface area contributed by atoms with Gasteiger partial charge in [0.25, 0.3) is 0 Å². The van der Waals surface area contributed by atoms with Gasteiger partial charge in [-0.05, 0) is 48.8 Å². The summed E-state index contributed by atoms with van der Waals surface area (Å²) >= 11 is 0. The minimum atomic E-state index is 0.309. The summed E-state index contributed by atoms with van der Waals surface area (Å²) in [5.41, 5.74) is 4.40. The van der Waals surface area contributed by atoms with E-state index >= 15 is 0 Å². The van der Waals surface area contributed by atoms with Gasteiger partial charge in [-0.25, -0.2) is 0 Å². The summed E-state index contributed by atoms with van der Waals surface area (Å²) in [5, 5.41) is 3.40. The highest BCUT2D eigenvalue weighted by Gasteiger charge is 2.17. The van der Waals surface area contributed by atoms with Crippen molar-refractivity contribution in [2.75, 3.05) is 19.6 Å². The van der Waals surface area contributed by atoms with Crippen molar-refractivity contribution in [2.45, 2.75) is 45.1 Å². The van der Waals surface area contributed by atoms with Crippen LogP contribution in [-0.2, 0) is 24.2 Å². The number of carbonyl (C=O) groups excluding carboxylic acids is 1. The highest BCUT2D eigenvalue weighted by molar-refractivity contribution is 5.76. The highest BCUT2D eigenvalue weighted by Crippen LogP contribution is 2.22. The van der Waals surface area contributed by atoms with Gasteiger partial charge in [-0.2, -0.15) is 0 Å². The maximum absolute atomic E-state index is 11.9. The van der Waals surface area contributed by atoms with Crippen LogP contribution in [0.4, 0.5) is 0 Å². The number of carbonyl (C=O) groups is 1. The first-order chi connectivity index (χ1) is 9.83. The van der Waals surface area contributed by atoms with Crippen LogP contribution in [0.3, 0.4) is 0 Å². The molecular formula is C17H24N2O. The van der Waals surface area contributed by atoms with E-state index < -0.39 is 0 Å². The molecule has 0 spiro atoms. The normalized spacial score (nSPS) is 17.5. The second-order valence-corrected chi connectivity index (χ2v) is 5.97. The van der Waals surface area contributed by atoms with Crippen molar-refractivity contribution >= 4 is 5.91 Å². The van der Waals surface area contributed by atoms with Crippen molar-refractivity contribution in [3.63, 3.8) is 0 Å². The molecule has 3 heteroatoms. The molecule has 2 aliphatic rings. The number of benzene rings is 1. The van der Waals surface area contributed by atoms with Gasteiger partial charge < -0.3 is 10.2 Å². The zero-order valence-corrected chi connectivity index (χ0v) is 12.2. The molecule has 0 unspecified atom stereocenters. The maximum atomic E-state index is 11.9. The predicted octanol–water partition coefficient (Wildman–Crippen LogP) is 2.28. The minimum absolute atomic E-state index is 0.309. The van der Waals surface area contributed by atoms with Crippen LogP contribution in [0.1, 0.15) is 42.4 Å². The van der Waals surface area contributed by atoms with Crippen molar-refractivity contribution in [1.29, 1.82) is 0 Å². The van der Waals surface area contributed by atoms with Gasteiger partial charge in [0, 0.05) is 32.6 Å². The van der Waals surface area contributed by atoms with Gasteiger partial charge in [-0.3, -0.25) is 4.79 Å². The van der Waals surface area contributed by atoms with E-state index in [1.807, 2.05) is 4.90 Å². The first-order valence-electron chi connectivity index (χ1n) is 7.92. The molecule has 20 heavy (non-hydrogen) atoms. The maximum Gasteiger partial charge on any atom is 0.223 e. The van der Waals surface area contributed by atoms with E-state index in [4.69, 9.17) is 0 Å². The molecule has 1 aliphatic heterocycles. The summed E-state index contributed by atoms with van der Waals surface area (Å²) in [6.07, 6.45) is 6.76. The van der Waals surface area contributed by atoms with Crippen LogP contribution in [0.5, 0.6) is 0 Å². The molecule has 1 fully saturated rings. The van der Waals surface area contributed by atoms with Crippen molar-refractivity contribution in [2.24, 2.45) is 0 Å². The third-order valence-electron chi connectivity index (χ3n) is 4.47. The van der Waals surface area contributed by atoms with E-state index in [9.17, 15) is 4.79 Å². The first-order valence-corrected chi connectivity index (χ1v) is 7.92. The van der Waals surface area contributed by atoms with Crippen LogP contribution in [0.25, 0.3) is 0 Å². The number of hydrogen-bond donors (Lipinski definition) is 1. The average molecular weight is 272 g/mol. The van der Waals surface area contributed by atoms with E-state index in [-0.39, 0.29) is 0 Å². The molecule has 0 radical (unpaired) electrons. The lowest BCUT2D eigenvalue weighted by molar-refractivity contribution is -0.130. The molecule has 0 atom stereocenters. The molecule has 3 rings (SSSR count). The Morgan fingerprint density at radius 2 is 1.90 bits per heavy atom. The number of nitrogens with one attached hydrogen (secondary N) is 1. The summed E-state index contributed by atoms with van der Waals surface area (Å²) in [6, 6.07) is 6.83. The highest BCUT2D eigenvalue weighted by atomic mass is 16.2. The number of fused-ring (bicyclic) bond motifs is 1.